The average molecular weight is 402 g/mol. The van der Waals surface area contributed by atoms with Gasteiger partial charge < -0.3 is 4.74 Å². The Morgan fingerprint density at radius 2 is 1.87 bits per heavy atom. The molecule has 0 fully saturated rings. The molecule has 3 rings (SSSR count). The molecule has 1 heterocycles. The molecule has 2 amide bonds. The summed E-state index contributed by atoms with van der Waals surface area (Å²) in [6, 6.07) is 18.3. The summed E-state index contributed by atoms with van der Waals surface area (Å²) >= 11 is 0. The fourth-order valence-electron chi connectivity index (χ4n) is 2.44. The lowest BCUT2D eigenvalue weighted by atomic mass is 10.2. The molecule has 0 saturated heterocycles. The predicted octanol–water partition coefficient (Wildman–Crippen LogP) is 1.44. The molecule has 9 heteroatoms. The second kappa shape index (κ2) is 10.2. The summed E-state index contributed by atoms with van der Waals surface area (Å²) in [5.74, 6) is -0.823. The zero-order chi connectivity index (χ0) is 21.2. The maximum absolute atomic E-state index is 11.8. The number of carbonyl (C=O) groups excluding carboxylic acids is 2. The third kappa shape index (κ3) is 6.03. The van der Waals surface area contributed by atoms with Gasteiger partial charge in [-0.1, -0.05) is 47.7 Å². The number of hydrogen-bond donors (Lipinski definition) is 2. The van der Waals surface area contributed by atoms with Crippen molar-refractivity contribution in [3.63, 3.8) is 0 Å². The number of hydrogen-bond acceptors (Lipinski definition) is 6. The summed E-state index contributed by atoms with van der Waals surface area (Å²) in [6.07, 6.45) is 4.41. The van der Waals surface area contributed by atoms with E-state index in [9.17, 15) is 9.59 Å². The van der Waals surface area contributed by atoms with Crippen LogP contribution in [-0.2, 0) is 16.1 Å². The third-order valence-corrected chi connectivity index (χ3v) is 3.84. The molecule has 0 bridgehead atoms. The number of nitrogens with zero attached hydrogens (tertiary/aromatic N) is 4. The van der Waals surface area contributed by atoms with Gasteiger partial charge in [-0.25, -0.2) is 4.68 Å². The Labute approximate surface area is 172 Å². The van der Waals surface area contributed by atoms with E-state index < -0.39 is 11.8 Å². The van der Waals surface area contributed by atoms with E-state index >= 15 is 0 Å². The molecule has 0 atom stereocenters. The number of nitriles is 1. The molecule has 2 aromatic carbocycles. The second-order valence-electron chi connectivity index (χ2n) is 6.09. The van der Waals surface area contributed by atoms with Crippen molar-refractivity contribution in [2.45, 2.75) is 6.54 Å². The standard InChI is InChI=1S/C21H18N6O3/c22-12-17-8-4-5-9-19(17)30-15-21(29)25-24-20(28)11-10-18-14-27(26-23-18)13-16-6-2-1-3-7-16/h1-11,14H,13,15H2,(H,24,28)(H,25,29)/b11-10+. The highest BCUT2D eigenvalue weighted by Gasteiger charge is 2.07. The second-order valence-corrected chi connectivity index (χ2v) is 6.09. The highest BCUT2D eigenvalue weighted by Crippen LogP contribution is 2.16. The summed E-state index contributed by atoms with van der Waals surface area (Å²) in [5, 5.41) is 17.0. The zero-order valence-electron chi connectivity index (χ0n) is 15.9. The molecule has 150 valence electrons. The number of amides is 2. The summed E-state index contributed by atoms with van der Waals surface area (Å²) in [4.78, 5) is 23.6. The van der Waals surface area contributed by atoms with Crippen LogP contribution >= 0.6 is 0 Å². The summed E-state index contributed by atoms with van der Waals surface area (Å²) in [7, 11) is 0. The van der Waals surface area contributed by atoms with Crippen molar-refractivity contribution in [2.75, 3.05) is 6.61 Å². The maximum atomic E-state index is 11.8. The Kier molecular flexibility index (Phi) is 6.89. The largest absolute Gasteiger partial charge is 0.482 e. The number of nitrogens with one attached hydrogen (secondary N) is 2. The lowest BCUT2D eigenvalue weighted by Crippen LogP contribution is -2.43. The highest BCUT2D eigenvalue weighted by atomic mass is 16.5. The first-order valence-electron chi connectivity index (χ1n) is 8.97. The molecule has 1 aromatic heterocycles. The van der Waals surface area contributed by atoms with Gasteiger partial charge in [0.2, 0.25) is 0 Å². The van der Waals surface area contributed by atoms with E-state index in [1.54, 1.807) is 35.1 Å². The molecule has 0 aliphatic heterocycles. The van der Waals surface area contributed by atoms with Crippen LogP contribution in [0.2, 0.25) is 0 Å². The number of hydrazine groups is 1. The van der Waals surface area contributed by atoms with Gasteiger partial charge in [0, 0.05) is 6.08 Å². The highest BCUT2D eigenvalue weighted by molar-refractivity contribution is 5.92. The van der Waals surface area contributed by atoms with Crippen LogP contribution in [0.25, 0.3) is 6.08 Å². The number of carbonyl (C=O) groups is 2. The topological polar surface area (TPSA) is 122 Å². The van der Waals surface area contributed by atoms with Crippen LogP contribution in [0.5, 0.6) is 5.75 Å². The smallest absolute Gasteiger partial charge is 0.276 e. The predicted molar refractivity (Wildman–Crippen MR) is 108 cm³/mol. The minimum Gasteiger partial charge on any atom is -0.482 e. The summed E-state index contributed by atoms with van der Waals surface area (Å²) in [5.41, 5.74) is 6.37. The maximum Gasteiger partial charge on any atom is 0.276 e. The molecule has 0 aliphatic carbocycles. The number of para-hydroxylation sites is 1. The van der Waals surface area contributed by atoms with Gasteiger partial charge >= 0.3 is 0 Å². The van der Waals surface area contributed by atoms with Crippen LogP contribution in [0.1, 0.15) is 16.8 Å². The van der Waals surface area contributed by atoms with Crippen LogP contribution in [0.3, 0.4) is 0 Å². The van der Waals surface area contributed by atoms with E-state index in [0.717, 1.165) is 5.56 Å². The van der Waals surface area contributed by atoms with Gasteiger partial charge in [-0.3, -0.25) is 20.4 Å². The van der Waals surface area contributed by atoms with E-state index in [0.29, 0.717) is 23.6 Å². The number of ether oxygens (including phenoxy) is 1. The van der Waals surface area contributed by atoms with Crippen molar-refractivity contribution in [3.8, 4) is 11.8 Å². The monoisotopic (exact) mass is 402 g/mol. The molecule has 0 spiro atoms. The Morgan fingerprint density at radius 1 is 1.10 bits per heavy atom. The van der Waals surface area contributed by atoms with Crippen molar-refractivity contribution in [1.82, 2.24) is 25.8 Å². The molecule has 3 aromatic rings. The fraction of sp³-hybridized carbons (Fsp3) is 0.0952. The Morgan fingerprint density at radius 3 is 2.67 bits per heavy atom. The van der Waals surface area contributed by atoms with Gasteiger partial charge in [0.1, 0.15) is 17.5 Å². The van der Waals surface area contributed by atoms with E-state index in [1.165, 1.54) is 12.2 Å². The quantitative estimate of drug-likeness (QED) is 0.455. The summed E-state index contributed by atoms with van der Waals surface area (Å²) in [6.45, 7) is 0.218. The molecule has 2 N–H and O–H groups in total. The average Bonchev–Trinajstić information content (AvgIpc) is 3.23. The van der Waals surface area contributed by atoms with Gasteiger partial charge in [0.15, 0.2) is 6.61 Å². The SMILES string of the molecule is N#Cc1ccccc1OCC(=O)NNC(=O)/C=C/c1cn(Cc2ccccc2)nn1. The number of benzene rings is 2. The van der Waals surface area contributed by atoms with Crippen LogP contribution in [0, 0.1) is 11.3 Å². The van der Waals surface area contributed by atoms with Gasteiger partial charge in [0.05, 0.1) is 18.3 Å². The van der Waals surface area contributed by atoms with Gasteiger partial charge in [0.25, 0.3) is 11.8 Å². The first-order valence-corrected chi connectivity index (χ1v) is 8.97. The zero-order valence-corrected chi connectivity index (χ0v) is 15.9. The molecular weight excluding hydrogens is 384 g/mol. The molecule has 0 saturated carbocycles. The first kappa shape index (κ1) is 20.3. The fourth-order valence-corrected chi connectivity index (χ4v) is 2.44. The number of rotatable bonds is 7. The van der Waals surface area contributed by atoms with Crippen molar-refractivity contribution >= 4 is 17.9 Å². The van der Waals surface area contributed by atoms with Gasteiger partial charge in [-0.15, -0.1) is 5.10 Å². The Hall–Kier alpha value is -4.45. The number of aromatic nitrogens is 3. The van der Waals surface area contributed by atoms with Gasteiger partial charge in [-0.05, 0) is 23.8 Å². The molecular formula is C21H18N6O3. The molecule has 30 heavy (non-hydrogen) atoms. The Bertz CT molecular complexity index is 1090. The minimum atomic E-state index is -0.571. The molecule has 0 radical (unpaired) electrons. The van der Waals surface area contributed by atoms with Crippen molar-refractivity contribution < 1.29 is 14.3 Å². The van der Waals surface area contributed by atoms with Crippen LogP contribution in [0.15, 0.2) is 66.9 Å². The molecule has 0 unspecified atom stereocenters. The third-order valence-electron chi connectivity index (χ3n) is 3.84. The van der Waals surface area contributed by atoms with Crippen molar-refractivity contribution in [3.05, 3.63) is 83.7 Å². The molecule has 0 aliphatic rings. The van der Waals surface area contributed by atoms with Crippen molar-refractivity contribution in [2.24, 2.45) is 0 Å². The summed E-state index contributed by atoms with van der Waals surface area (Å²) < 4.78 is 6.94. The van der Waals surface area contributed by atoms with Gasteiger partial charge in [-0.2, -0.15) is 5.26 Å². The van der Waals surface area contributed by atoms with E-state index in [-0.39, 0.29) is 6.61 Å². The lowest BCUT2D eigenvalue weighted by Gasteiger charge is -2.08. The van der Waals surface area contributed by atoms with E-state index in [1.807, 2.05) is 36.4 Å². The Balaban J connectivity index is 1.42. The lowest BCUT2D eigenvalue weighted by molar-refractivity contribution is -0.128. The molecule has 9 nitrogen and oxygen atoms in total. The minimum absolute atomic E-state index is 0.292. The van der Waals surface area contributed by atoms with Crippen LogP contribution in [-0.4, -0.2) is 33.4 Å². The van der Waals surface area contributed by atoms with E-state index in [4.69, 9.17) is 10.00 Å². The van der Waals surface area contributed by atoms with Crippen molar-refractivity contribution in [1.29, 1.82) is 5.26 Å². The normalized spacial score (nSPS) is 10.4. The van der Waals surface area contributed by atoms with Crippen LogP contribution in [0.4, 0.5) is 0 Å². The van der Waals surface area contributed by atoms with E-state index in [2.05, 4.69) is 21.2 Å². The van der Waals surface area contributed by atoms with Crippen LogP contribution < -0.4 is 15.6 Å². The first-order chi connectivity index (χ1) is 14.6.